The quantitative estimate of drug-likeness (QED) is 0.570. The molecule has 0 saturated carbocycles. The van der Waals surface area contributed by atoms with Crippen molar-refractivity contribution in [1.29, 1.82) is 0 Å². The third-order valence-corrected chi connectivity index (χ3v) is 7.35. The summed E-state index contributed by atoms with van der Waals surface area (Å²) in [5, 5.41) is 0. The van der Waals surface area contributed by atoms with Crippen molar-refractivity contribution >= 4 is 41.8 Å². The molecule has 1 atom stereocenters. The van der Waals surface area contributed by atoms with E-state index in [9.17, 15) is 21.6 Å². The molecule has 0 bridgehead atoms. The van der Waals surface area contributed by atoms with Crippen molar-refractivity contribution in [2.45, 2.75) is 29.2 Å². The molecule has 2 aromatic carbocycles. The van der Waals surface area contributed by atoms with Crippen molar-refractivity contribution in [3.8, 4) is 0 Å². The molecule has 7 nitrogen and oxygen atoms in total. The second-order valence-electron chi connectivity index (χ2n) is 5.98. The van der Waals surface area contributed by atoms with Gasteiger partial charge in [0.05, 0.1) is 16.4 Å². The molecule has 1 unspecified atom stereocenters. The summed E-state index contributed by atoms with van der Waals surface area (Å²) in [7, 11) is -7.83. The minimum atomic E-state index is -4.22. The van der Waals surface area contributed by atoms with Gasteiger partial charge in [-0.2, -0.15) is 4.72 Å². The molecular formula is C18H20BrNO6S2. The molecular weight excluding hydrogens is 470 g/mol. The highest BCUT2D eigenvalue weighted by Gasteiger charge is 2.29. The average Bonchev–Trinajstić information content (AvgIpc) is 2.61. The lowest BCUT2D eigenvalue weighted by molar-refractivity contribution is -0.145. The minimum Gasteiger partial charge on any atom is -0.465 e. The Kier molecular flexibility index (Phi) is 7.38. The van der Waals surface area contributed by atoms with Crippen LogP contribution in [0.3, 0.4) is 0 Å². The first-order chi connectivity index (χ1) is 13.0. The minimum absolute atomic E-state index is 0.0856. The Balaban J connectivity index is 2.40. The fourth-order valence-corrected chi connectivity index (χ4v) is 5.33. The van der Waals surface area contributed by atoms with E-state index in [1.807, 2.05) is 0 Å². The zero-order chi connectivity index (χ0) is 20.9. The first kappa shape index (κ1) is 22.5. The average molecular weight is 490 g/mol. The molecule has 2 aromatic rings. The zero-order valence-corrected chi connectivity index (χ0v) is 18.5. The predicted molar refractivity (Wildman–Crippen MR) is 108 cm³/mol. The molecule has 152 valence electrons. The van der Waals surface area contributed by atoms with Gasteiger partial charge in [0, 0.05) is 10.7 Å². The number of halogens is 1. The van der Waals surface area contributed by atoms with Gasteiger partial charge in [-0.05, 0) is 53.0 Å². The number of hydrogen-bond donors (Lipinski definition) is 1. The van der Waals surface area contributed by atoms with Gasteiger partial charge in [-0.3, -0.25) is 4.79 Å². The summed E-state index contributed by atoms with van der Waals surface area (Å²) in [5.41, 5.74) is 0.743. The summed E-state index contributed by atoms with van der Waals surface area (Å²) in [6.45, 7) is 1.72. The number of benzene rings is 2. The molecule has 0 saturated heterocycles. The molecule has 0 amide bonds. The highest BCUT2D eigenvalue weighted by atomic mass is 79.9. The maximum Gasteiger partial charge on any atom is 0.324 e. The van der Waals surface area contributed by atoms with Crippen molar-refractivity contribution in [1.82, 2.24) is 4.72 Å². The number of nitrogens with one attached hydrogen (secondary N) is 1. The Morgan fingerprint density at radius 1 is 1.11 bits per heavy atom. The second kappa shape index (κ2) is 9.17. The maximum atomic E-state index is 12.9. The van der Waals surface area contributed by atoms with E-state index in [1.54, 1.807) is 37.3 Å². The number of hydrogen-bond acceptors (Lipinski definition) is 6. The van der Waals surface area contributed by atoms with Crippen LogP contribution in [0.2, 0.25) is 0 Å². The summed E-state index contributed by atoms with van der Waals surface area (Å²) in [6, 6.07) is 11.4. The monoisotopic (exact) mass is 489 g/mol. The number of rotatable bonds is 8. The van der Waals surface area contributed by atoms with Gasteiger partial charge in [0.15, 0.2) is 9.84 Å². The van der Waals surface area contributed by atoms with Crippen LogP contribution in [0.25, 0.3) is 0 Å². The fourth-order valence-electron chi connectivity index (χ4n) is 2.44. The van der Waals surface area contributed by atoms with E-state index in [0.29, 0.717) is 0 Å². The largest absolute Gasteiger partial charge is 0.465 e. The van der Waals surface area contributed by atoms with Crippen LogP contribution in [-0.2, 0) is 35.8 Å². The number of ether oxygens (including phenoxy) is 1. The Bertz CT molecular complexity index is 1050. The van der Waals surface area contributed by atoms with E-state index in [4.69, 9.17) is 4.74 Å². The SMILES string of the molecule is CCOC(=O)C(Cc1ccccc1)NS(=O)(=O)c1cc(S(C)(=O)=O)ccc1Br. The summed E-state index contributed by atoms with van der Waals surface area (Å²) in [5.74, 6) is -0.717. The first-order valence-electron chi connectivity index (χ1n) is 8.27. The van der Waals surface area contributed by atoms with Gasteiger partial charge < -0.3 is 4.74 Å². The van der Waals surface area contributed by atoms with Crippen molar-refractivity contribution in [2.24, 2.45) is 0 Å². The fraction of sp³-hybridized carbons (Fsp3) is 0.278. The van der Waals surface area contributed by atoms with E-state index in [0.717, 1.165) is 17.9 Å². The number of sulfone groups is 1. The van der Waals surface area contributed by atoms with Crippen molar-refractivity contribution < 1.29 is 26.4 Å². The van der Waals surface area contributed by atoms with Crippen LogP contribution in [0, 0.1) is 0 Å². The van der Waals surface area contributed by atoms with Crippen LogP contribution in [0.1, 0.15) is 12.5 Å². The van der Waals surface area contributed by atoms with Crippen molar-refractivity contribution in [3.05, 3.63) is 58.6 Å². The van der Waals surface area contributed by atoms with Gasteiger partial charge in [0.25, 0.3) is 0 Å². The van der Waals surface area contributed by atoms with Crippen LogP contribution in [0.15, 0.2) is 62.8 Å². The van der Waals surface area contributed by atoms with Crippen LogP contribution in [0.4, 0.5) is 0 Å². The molecule has 0 spiro atoms. The lowest BCUT2D eigenvalue weighted by atomic mass is 10.1. The summed E-state index contributed by atoms with van der Waals surface area (Å²) in [6.07, 6.45) is 1.07. The normalized spacial score (nSPS) is 13.1. The van der Waals surface area contributed by atoms with Gasteiger partial charge in [-0.1, -0.05) is 30.3 Å². The molecule has 0 aliphatic heterocycles. The third-order valence-electron chi connectivity index (χ3n) is 3.77. The van der Waals surface area contributed by atoms with E-state index >= 15 is 0 Å². The van der Waals surface area contributed by atoms with E-state index < -0.39 is 31.9 Å². The summed E-state index contributed by atoms with van der Waals surface area (Å²) < 4.78 is 56.9. The van der Waals surface area contributed by atoms with Gasteiger partial charge in [-0.25, -0.2) is 16.8 Å². The number of carbonyl (C=O) groups excluding carboxylic acids is 1. The van der Waals surface area contributed by atoms with Crippen LogP contribution >= 0.6 is 15.9 Å². The van der Waals surface area contributed by atoms with E-state index in [-0.39, 0.29) is 27.3 Å². The molecule has 28 heavy (non-hydrogen) atoms. The molecule has 0 fully saturated rings. The van der Waals surface area contributed by atoms with Crippen LogP contribution in [0.5, 0.6) is 0 Å². The molecule has 0 radical (unpaired) electrons. The van der Waals surface area contributed by atoms with Crippen LogP contribution < -0.4 is 4.72 Å². The maximum absolute atomic E-state index is 12.9. The van der Waals surface area contributed by atoms with E-state index in [2.05, 4.69) is 20.7 Å². The molecule has 10 heteroatoms. The van der Waals surface area contributed by atoms with E-state index in [1.165, 1.54) is 12.1 Å². The molecule has 2 rings (SSSR count). The Morgan fingerprint density at radius 2 is 1.75 bits per heavy atom. The molecule has 0 aliphatic rings. The van der Waals surface area contributed by atoms with Crippen molar-refractivity contribution in [3.63, 3.8) is 0 Å². The number of sulfonamides is 1. The Morgan fingerprint density at radius 3 is 2.32 bits per heavy atom. The Labute approximate surface area is 173 Å². The molecule has 0 heterocycles. The number of esters is 1. The zero-order valence-electron chi connectivity index (χ0n) is 15.3. The highest BCUT2D eigenvalue weighted by Crippen LogP contribution is 2.25. The van der Waals surface area contributed by atoms with Crippen molar-refractivity contribution in [2.75, 3.05) is 12.9 Å². The molecule has 0 aromatic heterocycles. The summed E-state index contributed by atoms with van der Waals surface area (Å²) >= 11 is 3.13. The highest BCUT2D eigenvalue weighted by molar-refractivity contribution is 9.10. The van der Waals surface area contributed by atoms with Gasteiger partial charge >= 0.3 is 5.97 Å². The lowest BCUT2D eigenvalue weighted by Crippen LogP contribution is -2.43. The van der Waals surface area contributed by atoms with Gasteiger partial charge in [0.2, 0.25) is 10.0 Å². The summed E-state index contributed by atoms with van der Waals surface area (Å²) in [4.78, 5) is 11.9. The molecule has 0 aliphatic carbocycles. The third kappa shape index (κ3) is 5.87. The second-order valence-corrected chi connectivity index (χ2v) is 10.5. The van der Waals surface area contributed by atoms with Gasteiger partial charge in [0.1, 0.15) is 6.04 Å². The standard InChI is InChI=1S/C18H20BrNO6S2/c1-3-26-18(21)16(11-13-7-5-4-6-8-13)20-28(24,25)17-12-14(27(2,22)23)9-10-15(17)19/h4-10,12,16,20H,3,11H2,1-2H3. The topological polar surface area (TPSA) is 107 Å². The molecule has 1 N–H and O–H groups in total. The first-order valence-corrected chi connectivity index (χ1v) is 12.4. The predicted octanol–water partition coefficient (Wildman–Crippen LogP) is 2.31. The number of carbonyl (C=O) groups is 1. The van der Waals surface area contributed by atoms with Gasteiger partial charge in [-0.15, -0.1) is 0 Å². The lowest BCUT2D eigenvalue weighted by Gasteiger charge is -2.18. The smallest absolute Gasteiger partial charge is 0.324 e. The van der Waals surface area contributed by atoms with Crippen LogP contribution in [-0.4, -0.2) is 41.7 Å². The Hall–Kier alpha value is -1.75.